The van der Waals surface area contributed by atoms with Gasteiger partial charge in [-0.3, -0.25) is 0 Å². The largest absolute Gasteiger partial charge is 0.508 e. The monoisotopic (exact) mass is 488 g/mol. The molecule has 0 amide bonds. The molecule has 4 saturated carbocycles. The van der Waals surface area contributed by atoms with E-state index in [1.165, 1.54) is 44.9 Å². The maximum atomic E-state index is 11.9. The van der Waals surface area contributed by atoms with Crippen LogP contribution in [0, 0.1) is 52.3 Å². The summed E-state index contributed by atoms with van der Waals surface area (Å²) in [5, 5.41) is 0. The molecule has 6 rings (SSSR count). The fraction of sp³-hybridized carbons (Fsp3) is 0.967. The van der Waals surface area contributed by atoms with Gasteiger partial charge < -0.3 is 18.9 Å². The van der Waals surface area contributed by atoms with E-state index in [1.54, 1.807) is 0 Å². The highest BCUT2D eigenvalue weighted by Crippen LogP contribution is 2.71. The first-order chi connectivity index (χ1) is 16.7. The van der Waals surface area contributed by atoms with Gasteiger partial charge in [-0.05, 0) is 111 Å². The van der Waals surface area contributed by atoms with E-state index in [9.17, 15) is 4.79 Å². The summed E-state index contributed by atoms with van der Waals surface area (Å²) in [6.45, 7) is 13.0. The summed E-state index contributed by atoms with van der Waals surface area (Å²) in [4.78, 5) is 11.9. The van der Waals surface area contributed by atoms with Gasteiger partial charge in [-0.2, -0.15) is 0 Å². The number of carbonyl (C=O) groups excluding carboxylic acids is 1. The Labute approximate surface area is 212 Å². The van der Waals surface area contributed by atoms with Crippen LogP contribution >= 0.6 is 0 Å². The zero-order valence-corrected chi connectivity index (χ0v) is 22.7. The molecule has 0 N–H and O–H groups in total. The number of carbonyl (C=O) groups is 1. The Kier molecular flexibility index (Phi) is 6.03. The highest BCUT2D eigenvalue weighted by molar-refractivity contribution is 5.60. The van der Waals surface area contributed by atoms with Gasteiger partial charge in [0.2, 0.25) is 0 Å². The molecule has 2 saturated heterocycles. The summed E-state index contributed by atoms with van der Waals surface area (Å²) in [6.07, 6.45) is 12.0. The molecule has 1 spiro atoms. The SMILES string of the molecule is CCOC(=O)O[C@@H]1CC[C@@]2(C)C(CCC3C2CC[C@@]2(C)C3CC3O[C@]4(CC[C@@H](C)CO4)C(C)C32)C1. The topological polar surface area (TPSA) is 54.0 Å². The number of hydrogen-bond acceptors (Lipinski definition) is 5. The third kappa shape index (κ3) is 3.64. The van der Waals surface area contributed by atoms with Crippen molar-refractivity contribution in [1.29, 1.82) is 0 Å². The molecule has 35 heavy (non-hydrogen) atoms. The van der Waals surface area contributed by atoms with Crippen molar-refractivity contribution in [1.82, 2.24) is 0 Å². The van der Waals surface area contributed by atoms with Crippen LogP contribution in [0.3, 0.4) is 0 Å². The highest BCUT2D eigenvalue weighted by atomic mass is 16.7. The van der Waals surface area contributed by atoms with E-state index < -0.39 is 6.16 Å². The van der Waals surface area contributed by atoms with Crippen LogP contribution in [0.1, 0.15) is 98.8 Å². The molecule has 0 aromatic heterocycles. The molecule has 5 heteroatoms. The highest BCUT2D eigenvalue weighted by Gasteiger charge is 2.69. The fourth-order valence-electron chi connectivity index (χ4n) is 10.6. The predicted octanol–water partition coefficient (Wildman–Crippen LogP) is 6.97. The van der Waals surface area contributed by atoms with E-state index in [2.05, 4.69) is 27.7 Å². The standard InChI is InChI=1S/C30H48O5/c1-6-32-27(31)34-21-10-12-28(4)20(15-21)7-8-22-23(28)11-13-29(5)24(22)16-25-26(29)19(3)30(35-25)14-9-18(2)17-33-30/h18-26H,6-17H2,1-5H3/t18-,19?,20?,21-,22?,23?,24?,25?,26?,28+,29+,30-/m1/s1. The van der Waals surface area contributed by atoms with E-state index in [0.717, 1.165) is 43.6 Å². The van der Waals surface area contributed by atoms with Crippen LogP contribution in [0.15, 0.2) is 0 Å². The minimum atomic E-state index is -0.482. The average molecular weight is 489 g/mol. The average Bonchev–Trinajstić information content (AvgIpc) is 3.26. The minimum absolute atomic E-state index is 0.0343. The Morgan fingerprint density at radius 3 is 2.49 bits per heavy atom. The molecule has 0 aromatic rings. The lowest BCUT2D eigenvalue weighted by molar-refractivity contribution is -0.273. The molecule has 198 valence electrons. The molecule has 2 heterocycles. The summed E-state index contributed by atoms with van der Waals surface area (Å²) in [7, 11) is 0. The van der Waals surface area contributed by atoms with Crippen LogP contribution < -0.4 is 0 Å². The number of fused-ring (bicyclic) bond motifs is 7. The number of rotatable bonds is 2. The van der Waals surface area contributed by atoms with Gasteiger partial charge >= 0.3 is 6.16 Å². The molecule has 6 aliphatic rings. The number of hydrogen-bond donors (Lipinski definition) is 0. The van der Waals surface area contributed by atoms with Gasteiger partial charge in [-0.1, -0.05) is 27.7 Å². The molecule has 0 bridgehead atoms. The maximum absolute atomic E-state index is 11.9. The van der Waals surface area contributed by atoms with Crippen molar-refractivity contribution in [3.05, 3.63) is 0 Å². The van der Waals surface area contributed by atoms with Crippen LogP contribution in [-0.2, 0) is 18.9 Å². The summed E-state index contributed by atoms with van der Waals surface area (Å²) >= 11 is 0. The van der Waals surface area contributed by atoms with Gasteiger partial charge in [0.1, 0.15) is 6.10 Å². The van der Waals surface area contributed by atoms with Crippen molar-refractivity contribution in [2.75, 3.05) is 13.2 Å². The fourth-order valence-corrected chi connectivity index (χ4v) is 10.6. The van der Waals surface area contributed by atoms with E-state index in [4.69, 9.17) is 18.9 Å². The van der Waals surface area contributed by atoms with Gasteiger partial charge in [-0.15, -0.1) is 0 Å². The molecular formula is C30H48O5. The number of ether oxygens (including phenoxy) is 4. The zero-order valence-electron chi connectivity index (χ0n) is 22.7. The Morgan fingerprint density at radius 2 is 1.74 bits per heavy atom. The quantitative estimate of drug-likeness (QED) is 0.393. The van der Waals surface area contributed by atoms with Crippen molar-refractivity contribution in [3.8, 4) is 0 Å². The summed E-state index contributed by atoms with van der Waals surface area (Å²) in [5.41, 5.74) is 0.765. The Balaban J connectivity index is 1.17. The molecule has 7 unspecified atom stereocenters. The van der Waals surface area contributed by atoms with E-state index in [-0.39, 0.29) is 11.9 Å². The second-order valence-electron chi connectivity index (χ2n) is 13.9. The van der Waals surface area contributed by atoms with Crippen molar-refractivity contribution >= 4 is 6.16 Å². The molecule has 12 atom stereocenters. The molecule has 5 nitrogen and oxygen atoms in total. The van der Waals surface area contributed by atoms with Gasteiger partial charge in [-0.25, -0.2) is 4.79 Å². The second-order valence-corrected chi connectivity index (χ2v) is 13.9. The Bertz CT molecular complexity index is 820. The minimum Gasteiger partial charge on any atom is -0.435 e. The lowest BCUT2D eigenvalue weighted by Crippen LogP contribution is -2.55. The molecule has 4 aliphatic carbocycles. The van der Waals surface area contributed by atoms with Crippen molar-refractivity contribution < 1.29 is 23.7 Å². The van der Waals surface area contributed by atoms with Crippen molar-refractivity contribution in [2.45, 2.75) is 117 Å². The van der Waals surface area contributed by atoms with Crippen LogP contribution in [0.5, 0.6) is 0 Å². The first-order valence-corrected chi connectivity index (χ1v) is 14.9. The van der Waals surface area contributed by atoms with Gasteiger partial charge in [0.15, 0.2) is 5.79 Å². The van der Waals surface area contributed by atoms with Crippen LogP contribution in [0.4, 0.5) is 4.79 Å². The van der Waals surface area contributed by atoms with Gasteiger partial charge in [0.25, 0.3) is 0 Å². The van der Waals surface area contributed by atoms with Crippen LogP contribution in [-0.4, -0.2) is 37.4 Å². The maximum Gasteiger partial charge on any atom is 0.508 e. The molecule has 2 aliphatic heterocycles. The third-order valence-electron chi connectivity index (χ3n) is 12.4. The molecular weight excluding hydrogens is 440 g/mol. The molecule has 6 fully saturated rings. The zero-order chi connectivity index (χ0) is 24.6. The van der Waals surface area contributed by atoms with Gasteiger partial charge in [0, 0.05) is 12.3 Å². The summed E-state index contributed by atoms with van der Waals surface area (Å²) in [5.74, 6) is 4.55. The van der Waals surface area contributed by atoms with Crippen LogP contribution in [0.25, 0.3) is 0 Å². The third-order valence-corrected chi connectivity index (χ3v) is 12.4. The summed E-state index contributed by atoms with van der Waals surface area (Å²) < 4.78 is 24.2. The normalized spacial score (nSPS) is 54.9. The van der Waals surface area contributed by atoms with E-state index >= 15 is 0 Å². The second kappa shape index (κ2) is 8.61. The lowest BCUT2D eigenvalue weighted by Gasteiger charge is -2.61. The molecule has 0 radical (unpaired) electrons. The Hall–Kier alpha value is -0.810. The van der Waals surface area contributed by atoms with Gasteiger partial charge in [0.05, 0.1) is 19.3 Å². The van der Waals surface area contributed by atoms with Crippen molar-refractivity contribution in [2.24, 2.45) is 52.3 Å². The van der Waals surface area contributed by atoms with E-state index in [0.29, 0.717) is 47.2 Å². The van der Waals surface area contributed by atoms with Crippen LogP contribution in [0.2, 0.25) is 0 Å². The Morgan fingerprint density at radius 1 is 0.943 bits per heavy atom. The first-order valence-electron chi connectivity index (χ1n) is 14.9. The summed E-state index contributed by atoms with van der Waals surface area (Å²) in [6, 6.07) is 0. The van der Waals surface area contributed by atoms with Crippen molar-refractivity contribution in [3.63, 3.8) is 0 Å². The smallest absolute Gasteiger partial charge is 0.435 e. The van der Waals surface area contributed by atoms with E-state index in [1.807, 2.05) is 6.92 Å². The lowest BCUT2D eigenvalue weighted by atomic mass is 9.44. The predicted molar refractivity (Wildman–Crippen MR) is 134 cm³/mol. The first kappa shape index (κ1) is 24.5. The molecule has 0 aromatic carbocycles.